The maximum atomic E-state index is 14.2. The van der Waals surface area contributed by atoms with E-state index in [2.05, 4.69) is 4.99 Å². The molecule has 0 atom stereocenters. The zero-order valence-electron chi connectivity index (χ0n) is 14.7. The minimum atomic E-state index is -0.696. The number of carbonyl (C=O) groups excluding carboxylic acids is 1. The summed E-state index contributed by atoms with van der Waals surface area (Å²) in [5.41, 5.74) is 0.213. The predicted octanol–water partition coefficient (Wildman–Crippen LogP) is 3.52. The highest BCUT2D eigenvalue weighted by Gasteiger charge is 2.14. The van der Waals surface area contributed by atoms with Gasteiger partial charge in [-0.2, -0.15) is 4.99 Å². The maximum Gasteiger partial charge on any atom is 0.251 e. The van der Waals surface area contributed by atoms with Crippen molar-refractivity contribution in [2.24, 2.45) is 4.99 Å². The van der Waals surface area contributed by atoms with Crippen LogP contribution in [-0.2, 0) is 16.1 Å². The smallest absolute Gasteiger partial charge is 0.251 e. The lowest BCUT2D eigenvalue weighted by atomic mass is 10.3. The van der Waals surface area contributed by atoms with Gasteiger partial charge in [0, 0.05) is 19.7 Å². The van der Waals surface area contributed by atoms with Gasteiger partial charge in [0.25, 0.3) is 5.91 Å². The summed E-state index contributed by atoms with van der Waals surface area (Å²) >= 11 is 1.06. The number of ether oxygens (including phenoxy) is 2. The highest BCUT2D eigenvalue weighted by atomic mass is 32.1. The van der Waals surface area contributed by atoms with Crippen molar-refractivity contribution in [1.29, 1.82) is 0 Å². The molecule has 0 aliphatic carbocycles. The quantitative estimate of drug-likeness (QED) is 0.618. The minimum Gasteiger partial charge on any atom is -0.493 e. The van der Waals surface area contributed by atoms with Crippen LogP contribution in [0.15, 0.2) is 47.5 Å². The Kier molecular flexibility index (Phi) is 6.31. The summed E-state index contributed by atoms with van der Waals surface area (Å²) in [5.74, 6) is -1.10. The van der Waals surface area contributed by atoms with Gasteiger partial charge in [-0.25, -0.2) is 8.78 Å². The van der Waals surface area contributed by atoms with Crippen LogP contribution in [0.25, 0.3) is 10.2 Å². The van der Waals surface area contributed by atoms with Gasteiger partial charge in [0.2, 0.25) is 0 Å². The molecule has 0 saturated carbocycles. The number of halogens is 2. The molecule has 0 saturated heterocycles. The third-order valence-electron chi connectivity index (χ3n) is 3.76. The van der Waals surface area contributed by atoms with Crippen LogP contribution in [0, 0.1) is 11.6 Å². The second kappa shape index (κ2) is 8.88. The third-order valence-corrected chi connectivity index (χ3v) is 4.79. The molecule has 1 amide bonds. The average molecular weight is 392 g/mol. The second-order valence-electron chi connectivity index (χ2n) is 5.68. The van der Waals surface area contributed by atoms with E-state index >= 15 is 0 Å². The van der Waals surface area contributed by atoms with Crippen LogP contribution in [0.2, 0.25) is 0 Å². The fourth-order valence-electron chi connectivity index (χ4n) is 2.54. The van der Waals surface area contributed by atoms with Gasteiger partial charge in [-0.05, 0) is 18.2 Å². The number of nitrogens with zero attached hydrogens (tertiary/aromatic N) is 2. The number of hydrogen-bond acceptors (Lipinski definition) is 4. The SMILES string of the molecule is COCCn1c(=NC(=O)CCOc2ccccc2)sc2cc(F)cc(F)c21. The molecule has 0 aliphatic heterocycles. The molecule has 5 nitrogen and oxygen atoms in total. The van der Waals surface area contributed by atoms with Gasteiger partial charge in [-0.3, -0.25) is 4.79 Å². The largest absolute Gasteiger partial charge is 0.493 e. The highest BCUT2D eigenvalue weighted by Crippen LogP contribution is 2.22. The van der Waals surface area contributed by atoms with Crippen LogP contribution < -0.4 is 9.54 Å². The zero-order chi connectivity index (χ0) is 19.2. The molecule has 0 fully saturated rings. The zero-order valence-corrected chi connectivity index (χ0v) is 15.5. The predicted molar refractivity (Wildman–Crippen MR) is 98.7 cm³/mol. The van der Waals surface area contributed by atoms with Gasteiger partial charge >= 0.3 is 0 Å². The first kappa shape index (κ1) is 19.2. The molecule has 0 unspecified atom stereocenters. The monoisotopic (exact) mass is 392 g/mol. The third kappa shape index (κ3) is 4.78. The van der Waals surface area contributed by atoms with Crippen molar-refractivity contribution < 1.29 is 23.0 Å². The first-order chi connectivity index (χ1) is 13.1. The van der Waals surface area contributed by atoms with E-state index in [1.165, 1.54) is 17.7 Å². The number of fused-ring (bicyclic) bond motifs is 1. The van der Waals surface area contributed by atoms with Crippen LogP contribution in [-0.4, -0.2) is 30.8 Å². The van der Waals surface area contributed by atoms with E-state index in [9.17, 15) is 13.6 Å². The lowest BCUT2D eigenvalue weighted by Gasteiger charge is -2.05. The number of amides is 1. The fourth-order valence-corrected chi connectivity index (χ4v) is 3.65. The number of rotatable bonds is 7. The van der Waals surface area contributed by atoms with Crippen LogP contribution in [0.5, 0.6) is 5.75 Å². The Morgan fingerprint density at radius 2 is 1.96 bits per heavy atom. The number of hydrogen-bond donors (Lipinski definition) is 0. The molecule has 0 N–H and O–H groups in total. The Hall–Kier alpha value is -2.58. The number of aromatic nitrogens is 1. The van der Waals surface area contributed by atoms with E-state index in [1.807, 2.05) is 18.2 Å². The summed E-state index contributed by atoms with van der Waals surface area (Å²) in [6, 6.07) is 11.2. The van der Waals surface area contributed by atoms with E-state index in [4.69, 9.17) is 9.47 Å². The molecule has 8 heteroatoms. The summed E-state index contributed by atoms with van der Waals surface area (Å²) < 4.78 is 40.2. The molecule has 0 bridgehead atoms. The number of methoxy groups -OCH3 is 1. The van der Waals surface area contributed by atoms with Crippen molar-refractivity contribution in [2.45, 2.75) is 13.0 Å². The van der Waals surface area contributed by atoms with Crippen molar-refractivity contribution >= 4 is 27.5 Å². The Morgan fingerprint density at radius 1 is 1.19 bits per heavy atom. The molecular weight excluding hydrogens is 374 g/mol. The Balaban J connectivity index is 1.83. The van der Waals surface area contributed by atoms with Gasteiger partial charge in [0.05, 0.1) is 29.9 Å². The minimum absolute atomic E-state index is 0.0737. The van der Waals surface area contributed by atoms with Crippen molar-refractivity contribution in [3.63, 3.8) is 0 Å². The van der Waals surface area contributed by atoms with E-state index in [0.29, 0.717) is 28.4 Å². The standard InChI is InChI=1S/C19H18F2N2O3S/c1-25-10-8-23-18-15(21)11-13(20)12-16(18)27-19(23)22-17(24)7-9-26-14-5-3-2-4-6-14/h2-6,11-12H,7-10H2,1H3. The normalized spacial score (nSPS) is 11.9. The molecule has 0 radical (unpaired) electrons. The summed E-state index contributed by atoms with van der Waals surface area (Å²) in [5, 5.41) is 0. The van der Waals surface area contributed by atoms with Crippen molar-refractivity contribution in [1.82, 2.24) is 4.57 Å². The van der Waals surface area contributed by atoms with Crippen molar-refractivity contribution in [2.75, 3.05) is 20.3 Å². The number of para-hydroxylation sites is 1. The Labute approximate surface area is 158 Å². The Morgan fingerprint density at radius 3 is 2.70 bits per heavy atom. The highest BCUT2D eigenvalue weighted by molar-refractivity contribution is 7.16. The van der Waals surface area contributed by atoms with Gasteiger partial charge in [-0.1, -0.05) is 29.5 Å². The van der Waals surface area contributed by atoms with Crippen LogP contribution in [0.1, 0.15) is 6.42 Å². The van der Waals surface area contributed by atoms with Crippen LogP contribution in [0.4, 0.5) is 8.78 Å². The lowest BCUT2D eigenvalue weighted by molar-refractivity contribution is -0.118. The van der Waals surface area contributed by atoms with Crippen LogP contribution in [0.3, 0.4) is 0 Å². The summed E-state index contributed by atoms with van der Waals surface area (Å²) in [6.07, 6.45) is 0.0737. The Bertz CT molecular complexity index is 999. The summed E-state index contributed by atoms with van der Waals surface area (Å²) in [7, 11) is 1.52. The van der Waals surface area contributed by atoms with E-state index < -0.39 is 17.5 Å². The molecule has 3 aromatic rings. The van der Waals surface area contributed by atoms with Gasteiger partial charge in [-0.15, -0.1) is 0 Å². The molecule has 142 valence electrons. The van der Waals surface area contributed by atoms with Crippen LogP contribution >= 0.6 is 11.3 Å². The van der Waals surface area contributed by atoms with Crippen molar-refractivity contribution in [3.05, 3.63) is 58.9 Å². The molecule has 1 aromatic heterocycles. The number of thiazole rings is 1. The van der Waals surface area contributed by atoms with Gasteiger partial charge in [0.15, 0.2) is 10.6 Å². The van der Waals surface area contributed by atoms with Gasteiger partial charge in [0.1, 0.15) is 11.6 Å². The second-order valence-corrected chi connectivity index (χ2v) is 6.69. The maximum absolute atomic E-state index is 14.2. The molecule has 0 aliphatic rings. The molecular formula is C19H18F2N2O3S. The molecule has 27 heavy (non-hydrogen) atoms. The van der Waals surface area contributed by atoms with Gasteiger partial charge < -0.3 is 14.0 Å². The topological polar surface area (TPSA) is 52.8 Å². The lowest BCUT2D eigenvalue weighted by Crippen LogP contribution is -2.20. The molecule has 1 heterocycles. The number of benzene rings is 2. The first-order valence-corrected chi connectivity index (χ1v) is 9.13. The van der Waals surface area contributed by atoms with E-state index in [-0.39, 0.29) is 18.5 Å². The molecule has 0 spiro atoms. The summed E-state index contributed by atoms with van der Waals surface area (Å²) in [6.45, 7) is 0.783. The fraction of sp³-hybridized carbons (Fsp3) is 0.263. The van der Waals surface area contributed by atoms with Crippen molar-refractivity contribution in [3.8, 4) is 5.75 Å². The number of carbonyl (C=O) groups is 1. The van der Waals surface area contributed by atoms with E-state index in [0.717, 1.165) is 17.4 Å². The van der Waals surface area contributed by atoms with E-state index in [1.54, 1.807) is 12.1 Å². The average Bonchev–Trinajstić information content (AvgIpc) is 2.97. The molecule has 2 aromatic carbocycles. The molecule has 3 rings (SSSR count). The summed E-state index contributed by atoms with van der Waals surface area (Å²) in [4.78, 5) is 16.6. The first-order valence-electron chi connectivity index (χ1n) is 8.31.